The van der Waals surface area contributed by atoms with Crippen molar-refractivity contribution in [2.45, 2.75) is 19.9 Å². The lowest BCUT2D eigenvalue weighted by Gasteiger charge is -2.07. The molecule has 0 aliphatic rings. The number of hydrogen-bond acceptors (Lipinski definition) is 2. The van der Waals surface area contributed by atoms with E-state index in [4.69, 9.17) is 0 Å². The topological polar surface area (TPSA) is 24.9 Å². The van der Waals surface area contributed by atoms with Crippen LogP contribution in [0.15, 0.2) is 42.7 Å². The largest absolute Gasteiger partial charge is 0.313 e. The molecule has 0 fully saturated rings. The number of rotatable bonds is 5. The summed E-state index contributed by atoms with van der Waals surface area (Å²) in [6.45, 7) is 3.94. The van der Waals surface area contributed by atoms with Crippen molar-refractivity contribution in [3.8, 4) is 11.1 Å². The van der Waals surface area contributed by atoms with Gasteiger partial charge in [0.25, 0.3) is 0 Å². The average Bonchev–Trinajstić information content (AvgIpc) is 2.40. The summed E-state index contributed by atoms with van der Waals surface area (Å²) in [4.78, 5) is 3.77. The summed E-state index contributed by atoms with van der Waals surface area (Å²) >= 11 is 0. The minimum atomic E-state index is -0.281. The zero-order valence-corrected chi connectivity index (χ0v) is 10.5. The molecule has 2 rings (SSSR count). The molecule has 0 spiro atoms. The molecule has 3 heteroatoms. The Morgan fingerprint density at radius 2 is 2.17 bits per heavy atom. The third-order valence-corrected chi connectivity index (χ3v) is 2.77. The molecule has 1 aromatic heterocycles. The van der Waals surface area contributed by atoms with Crippen LogP contribution in [-0.2, 0) is 6.54 Å². The van der Waals surface area contributed by atoms with Crippen molar-refractivity contribution in [3.05, 3.63) is 54.1 Å². The van der Waals surface area contributed by atoms with Gasteiger partial charge in [0.15, 0.2) is 0 Å². The Labute approximate surface area is 107 Å². The second-order valence-corrected chi connectivity index (χ2v) is 4.23. The van der Waals surface area contributed by atoms with E-state index >= 15 is 0 Å². The molecule has 1 N–H and O–H groups in total. The molecule has 0 atom stereocenters. The SMILES string of the molecule is CCCNCc1cccc(-c2ccncc2F)c1. The summed E-state index contributed by atoms with van der Waals surface area (Å²) in [6.07, 6.45) is 3.97. The number of hydrogen-bond donors (Lipinski definition) is 1. The van der Waals surface area contributed by atoms with Crippen molar-refractivity contribution < 1.29 is 4.39 Å². The maximum atomic E-state index is 13.6. The monoisotopic (exact) mass is 244 g/mol. The summed E-state index contributed by atoms with van der Waals surface area (Å²) in [6, 6.07) is 9.64. The van der Waals surface area contributed by atoms with Crippen LogP contribution in [0.2, 0.25) is 0 Å². The predicted octanol–water partition coefficient (Wildman–Crippen LogP) is 3.39. The first-order valence-electron chi connectivity index (χ1n) is 6.21. The molecule has 18 heavy (non-hydrogen) atoms. The van der Waals surface area contributed by atoms with E-state index in [2.05, 4.69) is 17.2 Å². The molecule has 1 heterocycles. The average molecular weight is 244 g/mol. The summed E-state index contributed by atoms with van der Waals surface area (Å²) < 4.78 is 13.6. The third kappa shape index (κ3) is 3.14. The lowest BCUT2D eigenvalue weighted by atomic mass is 10.0. The van der Waals surface area contributed by atoms with Gasteiger partial charge >= 0.3 is 0 Å². The Balaban J connectivity index is 2.19. The molecule has 94 valence electrons. The van der Waals surface area contributed by atoms with E-state index in [1.54, 1.807) is 12.3 Å². The van der Waals surface area contributed by atoms with Crippen molar-refractivity contribution in [3.63, 3.8) is 0 Å². The minimum Gasteiger partial charge on any atom is -0.313 e. The molecule has 0 aliphatic carbocycles. The highest BCUT2D eigenvalue weighted by molar-refractivity contribution is 5.64. The Morgan fingerprint density at radius 3 is 2.94 bits per heavy atom. The van der Waals surface area contributed by atoms with Gasteiger partial charge in [-0.2, -0.15) is 0 Å². The first kappa shape index (κ1) is 12.7. The molecule has 1 aromatic carbocycles. The zero-order chi connectivity index (χ0) is 12.8. The van der Waals surface area contributed by atoms with Crippen LogP contribution in [-0.4, -0.2) is 11.5 Å². The highest BCUT2D eigenvalue weighted by Crippen LogP contribution is 2.22. The van der Waals surface area contributed by atoms with Gasteiger partial charge in [-0.1, -0.05) is 25.1 Å². The highest BCUT2D eigenvalue weighted by atomic mass is 19.1. The molecule has 2 nitrogen and oxygen atoms in total. The van der Waals surface area contributed by atoms with Crippen LogP contribution >= 0.6 is 0 Å². The van der Waals surface area contributed by atoms with Crippen LogP contribution < -0.4 is 5.32 Å². The van der Waals surface area contributed by atoms with Gasteiger partial charge in [0.2, 0.25) is 0 Å². The van der Waals surface area contributed by atoms with E-state index in [0.717, 1.165) is 30.6 Å². The van der Waals surface area contributed by atoms with E-state index in [9.17, 15) is 4.39 Å². The van der Waals surface area contributed by atoms with Gasteiger partial charge in [-0.3, -0.25) is 4.98 Å². The molecule has 0 amide bonds. The molecule has 2 aromatic rings. The van der Waals surface area contributed by atoms with Crippen LogP contribution in [0.3, 0.4) is 0 Å². The van der Waals surface area contributed by atoms with Gasteiger partial charge in [-0.25, -0.2) is 4.39 Å². The van der Waals surface area contributed by atoms with E-state index in [0.29, 0.717) is 5.56 Å². The van der Waals surface area contributed by atoms with Crippen LogP contribution in [0.4, 0.5) is 4.39 Å². The Hall–Kier alpha value is -1.74. The van der Waals surface area contributed by atoms with Crippen molar-refractivity contribution in [2.75, 3.05) is 6.54 Å². The molecule has 0 saturated carbocycles. The maximum absolute atomic E-state index is 13.6. The van der Waals surface area contributed by atoms with Crippen LogP contribution in [0.25, 0.3) is 11.1 Å². The molecular weight excluding hydrogens is 227 g/mol. The quantitative estimate of drug-likeness (QED) is 0.815. The second kappa shape index (κ2) is 6.26. The van der Waals surface area contributed by atoms with Crippen LogP contribution in [0, 0.1) is 5.82 Å². The van der Waals surface area contributed by atoms with E-state index in [1.165, 1.54) is 6.20 Å². The van der Waals surface area contributed by atoms with Crippen LogP contribution in [0.5, 0.6) is 0 Å². The Bertz CT molecular complexity index is 511. The van der Waals surface area contributed by atoms with Crippen molar-refractivity contribution in [1.29, 1.82) is 0 Å². The molecule has 0 radical (unpaired) electrons. The molecular formula is C15H17FN2. The number of aromatic nitrogens is 1. The standard InChI is InChI=1S/C15H17FN2/c1-2-7-17-10-12-4-3-5-13(9-12)14-6-8-18-11-15(14)16/h3-6,8-9,11,17H,2,7,10H2,1H3. The van der Waals surface area contributed by atoms with E-state index in [-0.39, 0.29) is 5.82 Å². The fraction of sp³-hybridized carbons (Fsp3) is 0.267. The fourth-order valence-corrected chi connectivity index (χ4v) is 1.87. The zero-order valence-electron chi connectivity index (χ0n) is 10.5. The maximum Gasteiger partial charge on any atom is 0.149 e. The van der Waals surface area contributed by atoms with Crippen LogP contribution in [0.1, 0.15) is 18.9 Å². The van der Waals surface area contributed by atoms with Gasteiger partial charge in [0.05, 0.1) is 6.20 Å². The van der Waals surface area contributed by atoms with Crippen molar-refractivity contribution in [2.24, 2.45) is 0 Å². The van der Waals surface area contributed by atoms with Gasteiger partial charge in [-0.05, 0) is 36.2 Å². The number of nitrogens with one attached hydrogen (secondary N) is 1. The lowest BCUT2D eigenvalue weighted by molar-refractivity contribution is 0.625. The lowest BCUT2D eigenvalue weighted by Crippen LogP contribution is -2.13. The third-order valence-electron chi connectivity index (χ3n) is 2.77. The Morgan fingerprint density at radius 1 is 1.28 bits per heavy atom. The first-order chi connectivity index (χ1) is 8.81. The molecule has 0 saturated heterocycles. The molecule has 0 bridgehead atoms. The van der Waals surface area contributed by atoms with Gasteiger partial charge in [-0.15, -0.1) is 0 Å². The fourth-order valence-electron chi connectivity index (χ4n) is 1.87. The smallest absolute Gasteiger partial charge is 0.149 e. The van der Waals surface area contributed by atoms with Gasteiger partial charge in [0, 0.05) is 18.3 Å². The minimum absolute atomic E-state index is 0.281. The van der Waals surface area contributed by atoms with Gasteiger partial charge < -0.3 is 5.32 Å². The van der Waals surface area contributed by atoms with Crippen molar-refractivity contribution >= 4 is 0 Å². The summed E-state index contributed by atoms with van der Waals surface area (Å²) in [7, 11) is 0. The molecule has 0 unspecified atom stereocenters. The van der Waals surface area contributed by atoms with Gasteiger partial charge in [0.1, 0.15) is 5.82 Å². The normalized spacial score (nSPS) is 10.6. The first-order valence-corrected chi connectivity index (χ1v) is 6.21. The predicted molar refractivity (Wildman–Crippen MR) is 71.6 cm³/mol. The Kier molecular flexibility index (Phi) is 4.42. The number of benzene rings is 1. The van der Waals surface area contributed by atoms with Crippen molar-refractivity contribution in [1.82, 2.24) is 10.3 Å². The number of halogens is 1. The highest BCUT2D eigenvalue weighted by Gasteiger charge is 2.04. The van der Waals surface area contributed by atoms with E-state index in [1.807, 2.05) is 24.3 Å². The number of nitrogens with zero attached hydrogens (tertiary/aromatic N) is 1. The van der Waals surface area contributed by atoms with E-state index < -0.39 is 0 Å². The summed E-state index contributed by atoms with van der Waals surface area (Å²) in [5, 5.41) is 3.34. The summed E-state index contributed by atoms with van der Waals surface area (Å²) in [5.74, 6) is -0.281. The number of pyridine rings is 1. The molecule has 0 aliphatic heterocycles. The second-order valence-electron chi connectivity index (χ2n) is 4.23. The summed E-state index contributed by atoms with van der Waals surface area (Å²) in [5.41, 5.74) is 2.66.